The lowest BCUT2D eigenvalue weighted by Gasteiger charge is -2.16. The highest BCUT2D eigenvalue weighted by atomic mass is 16.5. The second kappa shape index (κ2) is 12.5. The second-order valence-electron chi connectivity index (χ2n) is 8.54. The van der Waals surface area contributed by atoms with Crippen LogP contribution in [0.5, 0.6) is 5.75 Å². The molecule has 1 aromatic carbocycles. The quantitative estimate of drug-likeness (QED) is 0.302. The predicted molar refractivity (Wildman–Crippen MR) is 123 cm³/mol. The number of rotatable bonds is 10. The molecule has 7 nitrogen and oxygen atoms in total. The van der Waals surface area contributed by atoms with Crippen LogP contribution >= 0.6 is 0 Å². The van der Waals surface area contributed by atoms with Gasteiger partial charge in [0.05, 0.1) is 19.8 Å². The topological polar surface area (TPSA) is 84.0 Å². The number of ether oxygens (including phenoxy) is 2. The van der Waals surface area contributed by atoms with Gasteiger partial charge in [-0.1, -0.05) is 25.0 Å². The summed E-state index contributed by atoms with van der Waals surface area (Å²) < 4.78 is 11.6. The van der Waals surface area contributed by atoms with E-state index in [2.05, 4.69) is 41.1 Å². The van der Waals surface area contributed by atoms with E-state index >= 15 is 0 Å². The van der Waals surface area contributed by atoms with Gasteiger partial charge in [-0.3, -0.25) is 4.79 Å². The number of benzene rings is 1. The molecule has 0 bridgehead atoms. The molecule has 1 heterocycles. The minimum atomic E-state index is 0.115. The summed E-state index contributed by atoms with van der Waals surface area (Å²) in [5.74, 6) is 2.36. The third-order valence-corrected chi connectivity index (χ3v) is 5.84. The van der Waals surface area contributed by atoms with Gasteiger partial charge in [-0.15, -0.1) is 0 Å². The van der Waals surface area contributed by atoms with E-state index in [9.17, 15) is 4.79 Å². The molecule has 2 aliphatic rings. The Hall–Kier alpha value is -2.28. The van der Waals surface area contributed by atoms with E-state index in [-0.39, 0.29) is 12.0 Å². The van der Waals surface area contributed by atoms with Crippen LogP contribution in [0.3, 0.4) is 0 Å². The number of carbonyl (C=O) groups excluding carboxylic acids is 1. The normalized spacial score (nSPS) is 19.4. The SMILES string of the molecule is CCNC(=NCc1ccc(C)cc1OC1CCOC1)NCCNC(=O)CC1CCCC1. The first kappa shape index (κ1) is 23.4. The van der Waals surface area contributed by atoms with Gasteiger partial charge in [-0.2, -0.15) is 0 Å². The first-order valence-electron chi connectivity index (χ1n) is 11.8. The van der Waals surface area contributed by atoms with Gasteiger partial charge in [0.25, 0.3) is 0 Å². The Labute approximate surface area is 186 Å². The van der Waals surface area contributed by atoms with E-state index in [0.717, 1.165) is 36.8 Å². The predicted octanol–water partition coefficient (Wildman–Crippen LogP) is 2.91. The fourth-order valence-corrected chi connectivity index (χ4v) is 4.13. The molecule has 3 rings (SSSR count). The van der Waals surface area contributed by atoms with E-state index in [0.29, 0.717) is 38.6 Å². The highest BCUT2D eigenvalue weighted by molar-refractivity contribution is 5.80. The van der Waals surface area contributed by atoms with Crippen molar-refractivity contribution in [3.8, 4) is 5.75 Å². The molecule has 3 N–H and O–H groups in total. The number of aliphatic imine (C=N–C) groups is 1. The third kappa shape index (κ3) is 8.05. The van der Waals surface area contributed by atoms with Crippen molar-refractivity contribution < 1.29 is 14.3 Å². The van der Waals surface area contributed by atoms with Crippen LogP contribution in [0.25, 0.3) is 0 Å². The van der Waals surface area contributed by atoms with Crippen molar-refractivity contribution in [1.82, 2.24) is 16.0 Å². The lowest BCUT2D eigenvalue weighted by molar-refractivity contribution is -0.121. The van der Waals surface area contributed by atoms with Crippen LogP contribution < -0.4 is 20.7 Å². The lowest BCUT2D eigenvalue weighted by atomic mass is 10.0. The van der Waals surface area contributed by atoms with Crippen LogP contribution in [0.15, 0.2) is 23.2 Å². The van der Waals surface area contributed by atoms with Crippen LogP contribution in [0.4, 0.5) is 0 Å². The van der Waals surface area contributed by atoms with Crippen molar-refractivity contribution in [2.24, 2.45) is 10.9 Å². The van der Waals surface area contributed by atoms with Gasteiger partial charge in [0.15, 0.2) is 5.96 Å². The molecule has 172 valence electrons. The maximum Gasteiger partial charge on any atom is 0.220 e. The third-order valence-electron chi connectivity index (χ3n) is 5.84. The average molecular weight is 431 g/mol. The van der Waals surface area contributed by atoms with Crippen LogP contribution in [0, 0.1) is 12.8 Å². The zero-order valence-corrected chi connectivity index (χ0v) is 19.0. The first-order valence-corrected chi connectivity index (χ1v) is 11.8. The van der Waals surface area contributed by atoms with Crippen molar-refractivity contribution in [3.63, 3.8) is 0 Å². The summed E-state index contributed by atoms with van der Waals surface area (Å²) in [6.07, 6.45) is 6.63. The van der Waals surface area contributed by atoms with Crippen LogP contribution in [-0.2, 0) is 16.1 Å². The Morgan fingerprint density at radius 3 is 2.71 bits per heavy atom. The molecular weight excluding hydrogens is 392 g/mol. The Bertz CT molecular complexity index is 726. The van der Waals surface area contributed by atoms with Crippen molar-refractivity contribution in [1.29, 1.82) is 0 Å². The molecule has 0 radical (unpaired) electrons. The molecule has 1 aliphatic heterocycles. The summed E-state index contributed by atoms with van der Waals surface area (Å²) in [7, 11) is 0. The fourth-order valence-electron chi connectivity index (χ4n) is 4.13. The average Bonchev–Trinajstić information content (AvgIpc) is 3.45. The van der Waals surface area contributed by atoms with Gasteiger partial charge < -0.3 is 25.4 Å². The molecule has 7 heteroatoms. The summed E-state index contributed by atoms with van der Waals surface area (Å²) in [5, 5.41) is 9.60. The molecule has 1 saturated heterocycles. The van der Waals surface area contributed by atoms with Gasteiger partial charge in [0, 0.05) is 38.0 Å². The lowest BCUT2D eigenvalue weighted by Crippen LogP contribution is -2.41. The maximum absolute atomic E-state index is 12.1. The van der Waals surface area contributed by atoms with Crippen molar-refractivity contribution in [3.05, 3.63) is 29.3 Å². The number of amides is 1. The largest absolute Gasteiger partial charge is 0.488 e. The fraction of sp³-hybridized carbons (Fsp3) is 0.667. The number of guanidine groups is 1. The van der Waals surface area contributed by atoms with Crippen LogP contribution in [-0.4, -0.2) is 50.8 Å². The molecule has 0 aromatic heterocycles. The summed E-state index contributed by atoms with van der Waals surface area (Å²) >= 11 is 0. The molecule has 1 aliphatic carbocycles. The summed E-state index contributed by atoms with van der Waals surface area (Å²) in [5.41, 5.74) is 2.22. The van der Waals surface area contributed by atoms with E-state index in [4.69, 9.17) is 14.5 Å². The molecule has 2 fully saturated rings. The van der Waals surface area contributed by atoms with Crippen LogP contribution in [0.1, 0.15) is 56.6 Å². The minimum absolute atomic E-state index is 0.115. The Morgan fingerprint density at radius 1 is 1.16 bits per heavy atom. The molecule has 31 heavy (non-hydrogen) atoms. The van der Waals surface area contributed by atoms with Gasteiger partial charge in [0.1, 0.15) is 11.9 Å². The zero-order chi connectivity index (χ0) is 21.9. The smallest absolute Gasteiger partial charge is 0.220 e. The zero-order valence-electron chi connectivity index (χ0n) is 19.0. The Morgan fingerprint density at radius 2 is 1.97 bits per heavy atom. The van der Waals surface area contributed by atoms with Crippen molar-refractivity contribution >= 4 is 11.9 Å². The maximum atomic E-state index is 12.1. The Balaban J connectivity index is 1.47. The Kier molecular flexibility index (Phi) is 9.46. The minimum Gasteiger partial charge on any atom is -0.488 e. The van der Waals surface area contributed by atoms with E-state index in [1.807, 2.05) is 6.92 Å². The number of hydrogen-bond acceptors (Lipinski definition) is 4. The molecule has 1 unspecified atom stereocenters. The first-order chi connectivity index (χ1) is 15.1. The molecule has 1 saturated carbocycles. The second-order valence-corrected chi connectivity index (χ2v) is 8.54. The van der Waals surface area contributed by atoms with Gasteiger partial charge in [-0.05, 0) is 44.2 Å². The van der Waals surface area contributed by atoms with Gasteiger partial charge in [0.2, 0.25) is 5.91 Å². The van der Waals surface area contributed by atoms with Gasteiger partial charge >= 0.3 is 0 Å². The number of carbonyl (C=O) groups is 1. The number of hydrogen-bond donors (Lipinski definition) is 3. The van der Waals surface area contributed by atoms with Gasteiger partial charge in [-0.25, -0.2) is 4.99 Å². The molecule has 1 atom stereocenters. The van der Waals surface area contributed by atoms with Crippen molar-refractivity contribution in [2.75, 3.05) is 32.8 Å². The van der Waals surface area contributed by atoms with Crippen LogP contribution in [0.2, 0.25) is 0 Å². The molecule has 1 amide bonds. The highest BCUT2D eigenvalue weighted by Crippen LogP contribution is 2.27. The molecular formula is C24H38N4O3. The number of nitrogens with zero attached hydrogens (tertiary/aromatic N) is 1. The van der Waals surface area contributed by atoms with E-state index < -0.39 is 0 Å². The number of aryl methyl sites for hydroxylation is 1. The van der Waals surface area contributed by atoms with E-state index in [1.54, 1.807) is 0 Å². The number of nitrogens with one attached hydrogen (secondary N) is 3. The highest BCUT2D eigenvalue weighted by Gasteiger charge is 2.19. The molecule has 1 aromatic rings. The summed E-state index contributed by atoms with van der Waals surface area (Å²) in [6, 6.07) is 6.24. The summed E-state index contributed by atoms with van der Waals surface area (Å²) in [4.78, 5) is 16.8. The summed E-state index contributed by atoms with van der Waals surface area (Å²) in [6.45, 7) is 8.04. The molecule has 0 spiro atoms. The standard InChI is InChI=1S/C24H38N4O3/c1-3-25-24(27-12-11-26-23(29)15-19-6-4-5-7-19)28-16-20-9-8-18(2)14-22(20)31-21-10-13-30-17-21/h8-9,14,19,21H,3-7,10-13,15-17H2,1-2H3,(H,26,29)(H2,25,27,28). The van der Waals surface area contributed by atoms with Crippen molar-refractivity contribution in [2.45, 2.75) is 65.0 Å². The monoisotopic (exact) mass is 430 g/mol. The van der Waals surface area contributed by atoms with E-state index in [1.165, 1.54) is 31.2 Å².